The molecule has 10 nitrogen and oxygen atoms in total. The number of halogens is 1. The minimum atomic E-state index is -1.82. The predicted molar refractivity (Wildman–Crippen MR) is 115 cm³/mol. The number of anilines is 1. The third-order valence-corrected chi connectivity index (χ3v) is 6.61. The van der Waals surface area contributed by atoms with E-state index in [0.29, 0.717) is 29.1 Å². The van der Waals surface area contributed by atoms with E-state index in [1.54, 1.807) is 6.07 Å². The molecule has 172 valence electrons. The van der Waals surface area contributed by atoms with Gasteiger partial charge in [0.05, 0.1) is 22.9 Å². The summed E-state index contributed by atoms with van der Waals surface area (Å²) in [5.74, 6) is -1.37. The molecule has 0 spiro atoms. The van der Waals surface area contributed by atoms with E-state index in [0.717, 1.165) is 61.2 Å². The zero-order valence-corrected chi connectivity index (χ0v) is 18.2. The van der Waals surface area contributed by atoms with Gasteiger partial charge in [0.25, 0.3) is 5.89 Å². The van der Waals surface area contributed by atoms with E-state index in [1.807, 2.05) is 0 Å². The molecule has 2 aromatic rings. The number of carboxylic acid groups (broad SMARTS) is 2. The van der Waals surface area contributed by atoms with Crippen LogP contribution < -0.4 is 10.5 Å². The molecular formula is C21H25ClN4O6. The maximum absolute atomic E-state index is 9.10. The van der Waals surface area contributed by atoms with E-state index >= 15 is 0 Å². The number of nitrogen functional groups attached to an aromatic ring is 1. The predicted octanol–water partition coefficient (Wildman–Crippen LogP) is 2.79. The average Bonchev–Trinajstić information content (AvgIpc) is 3.41. The third kappa shape index (κ3) is 4.51. The van der Waals surface area contributed by atoms with E-state index in [2.05, 4.69) is 15.1 Å². The topological polar surface area (TPSA) is 152 Å². The first-order valence-electron chi connectivity index (χ1n) is 10.6. The van der Waals surface area contributed by atoms with Crippen LogP contribution >= 0.6 is 11.6 Å². The van der Waals surface area contributed by atoms with Crippen LogP contribution in [0.25, 0.3) is 11.5 Å². The fourth-order valence-corrected chi connectivity index (χ4v) is 4.52. The molecule has 1 aromatic heterocycles. The van der Waals surface area contributed by atoms with Crippen molar-refractivity contribution in [2.24, 2.45) is 0 Å². The molecule has 0 unspecified atom stereocenters. The van der Waals surface area contributed by atoms with Gasteiger partial charge in [-0.3, -0.25) is 0 Å². The number of fused-ring (bicyclic) bond motifs is 1. The molecular weight excluding hydrogens is 440 g/mol. The summed E-state index contributed by atoms with van der Waals surface area (Å²) >= 11 is 6.29. The molecule has 3 heterocycles. The Morgan fingerprint density at radius 1 is 1.12 bits per heavy atom. The van der Waals surface area contributed by atoms with E-state index in [1.165, 1.54) is 19.3 Å². The number of nitrogens with two attached hydrogens (primary N) is 1. The van der Waals surface area contributed by atoms with Crippen LogP contribution in [0.4, 0.5) is 5.69 Å². The average molecular weight is 465 g/mol. The number of rotatable bonds is 3. The van der Waals surface area contributed by atoms with Crippen molar-refractivity contribution < 1.29 is 29.0 Å². The second kappa shape index (κ2) is 9.33. The van der Waals surface area contributed by atoms with Crippen LogP contribution in [0.3, 0.4) is 0 Å². The molecule has 0 radical (unpaired) electrons. The van der Waals surface area contributed by atoms with Gasteiger partial charge in [0.2, 0.25) is 5.89 Å². The van der Waals surface area contributed by atoms with Crippen LogP contribution in [0.2, 0.25) is 5.02 Å². The van der Waals surface area contributed by atoms with Crippen molar-refractivity contribution in [1.29, 1.82) is 0 Å². The first-order chi connectivity index (χ1) is 15.3. The van der Waals surface area contributed by atoms with E-state index in [4.69, 9.17) is 46.3 Å². The molecule has 32 heavy (non-hydrogen) atoms. The number of carbonyl (C=O) groups is 2. The van der Waals surface area contributed by atoms with Crippen LogP contribution in [0.5, 0.6) is 5.75 Å². The molecule has 1 aromatic carbocycles. The fourth-order valence-electron chi connectivity index (χ4n) is 4.30. The minimum Gasteiger partial charge on any atom is -0.492 e. The number of hydrogen-bond donors (Lipinski definition) is 3. The summed E-state index contributed by atoms with van der Waals surface area (Å²) in [5, 5.41) is 23.9. The molecule has 11 heteroatoms. The van der Waals surface area contributed by atoms with Gasteiger partial charge in [0, 0.05) is 23.9 Å². The number of piperidine rings is 1. The lowest BCUT2D eigenvalue weighted by atomic mass is 9.88. The van der Waals surface area contributed by atoms with Gasteiger partial charge in [-0.25, -0.2) is 9.59 Å². The molecule has 2 aliphatic heterocycles. The summed E-state index contributed by atoms with van der Waals surface area (Å²) in [5.41, 5.74) is 8.36. The Morgan fingerprint density at radius 2 is 1.81 bits per heavy atom. The van der Waals surface area contributed by atoms with Crippen molar-refractivity contribution in [2.75, 3.05) is 25.4 Å². The van der Waals surface area contributed by atoms with Crippen molar-refractivity contribution in [2.45, 2.75) is 50.5 Å². The fraction of sp³-hybridized carbons (Fsp3) is 0.524. The Labute approximate surface area is 189 Å². The van der Waals surface area contributed by atoms with Crippen molar-refractivity contribution in [3.05, 3.63) is 22.5 Å². The Hall–Kier alpha value is -2.85. The lowest BCUT2D eigenvalue weighted by Gasteiger charge is -2.41. The van der Waals surface area contributed by atoms with Gasteiger partial charge in [-0.05, 0) is 44.8 Å². The lowest BCUT2D eigenvalue weighted by Crippen LogP contribution is -2.44. The van der Waals surface area contributed by atoms with Gasteiger partial charge in [-0.2, -0.15) is 0 Å². The van der Waals surface area contributed by atoms with Crippen LogP contribution in [-0.2, 0) is 16.0 Å². The summed E-state index contributed by atoms with van der Waals surface area (Å²) in [6.07, 6.45) is 7.02. The van der Waals surface area contributed by atoms with Crippen molar-refractivity contribution in [3.8, 4) is 17.2 Å². The van der Waals surface area contributed by atoms with Crippen molar-refractivity contribution >= 4 is 29.2 Å². The molecule has 0 amide bonds. The lowest BCUT2D eigenvalue weighted by molar-refractivity contribution is -0.159. The second-order valence-electron chi connectivity index (χ2n) is 8.18. The highest BCUT2D eigenvalue weighted by molar-refractivity contribution is 6.33. The number of benzene rings is 1. The Morgan fingerprint density at radius 3 is 2.41 bits per heavy atom. The molecule has 1 saturated heterocycles. The molecule has 2 fully saturated rings. The summed E-state index contributed by atoms with van der Waals surface area (Å²) in [6, 6.07) is 2.59. The number of ether oxygens (including phenoxy) is 1. The monoisotopic (exact) mass is 464 g/mol. The van der Waals surface area contributed by atoms with Crippen LogP contribution in [0, 0.1) is 0 Å². The maximum atomic E-state index is 9.10. The molecule has 5 rings (SSSR count). The Bertz CT molecular complexity index is 1000. The summed E-state index contributed by atoms with van der Waals surface area (Å²) < 4.78 is 11.8. The van der Waals surface area contributed by atoms with Crippen molar-refractivity contribution in [1.82, 2.24) is 15.1 Å². The minimum absolute atomic E-state index is 0.339. The van der Waals surface area contributed by atoms with E-state index in [9.17, 15) is 0 Å². The van der Waals surface area contributed by atoms with Gasteiger partial charge in [-0.15, -0.1) is 10.2 Å². The summed E-state index contributed by atoms with van der Waals surface area (Å²) in [7, 11) is 0. The first kappa shape index (κ1) is 22.3. The number of carboxylic acids is 2. The zero-order valence-electron chi connectivity index (χ0n) is 17.4. The molecule has 3 aliphatic rings. The molecule has 0 atom stereocenters. The van der Waals surface area contributed by atoms with Crippen molar-refractivity contribution in [3.63, 3.8) is 0 Å². The van der Waals surface area contributed by atoms with Gasteiger partial charge in [-0.1, -0.05) is 18.0 Å². The largest absolute Gasteiger partial charge is 0.492 e. The highest BCUT2D eigenvalue weighted by Crippen LogP contribution is 2.43. The Kier molecular flexibility index (Phi) is 6.52. The van der Waals surface area contributed by atoms with E-state index in [-0.39, 0.29) is 0 Å². The normalized spacial score (nSPS) is 18.8. The Balaban J connectivity index is 0.000000363. The molecule has 1 saturated carbocycles. The number of nitrogens with zero attached hydrogens (tertiary/aromatic N) is 3. The van der Waals surface area contributed by atoms with E-state index < -0.39 is 11.9 Å². The molecule has 4 N–H and O–H groups in total. The number of aliphatic carboxylic acids is 2. The number of likely N-dealkylation sites (tertiary alicyclic amines) is 1. The van der Waals surface area contributed by atoms with Gasteiger partial charge >= 0.3 is 11.9 Å². The summed E-state index contributed by atoms with van der Waals surface area (Å²) in [6.45, 7) is 2.85. The van der Waals surface area contributed by atoms with Gasteiger partial charge in [0.1, 0.15) is 5.75 Å². The SMILES string of the molecule is Nc1c(Cl)cc(-c2nnc(C3CCN(C4CCC4)CC3)o2)c2c1CCO2.O=C(O)C(=O)O. The smallest absolute Gasteiger partial charge is 0.414 e. The maximum Gasteiger partial charge on any atom is 0.414 e. The number of aromatic nitrogens is 2. The zero-order chi connectivity index (χ0) is 22.8. The van der Waals surface area contributed by atoms with Crippen LogP contribution in [0.15, 0.2) is 10.5 Å². The third-order valence-electron chi connectivity index (χ3n) is 6.29. The second-order valence-corrected chi connectivity index (χ2v) is 8.58. The highest BCUT2D eigenvalue weighted by atomic mass is 35.5. The molecule has 0 bridgehead atoms. The summed E-state index contributed by atoms with van der Waals surface area (Å²) in [4.78, 5) is 20.8. The molecule has 1 aliphatic carbocycles. The van der Waals surface area contributed by atoms with Crippen LogP contribution in [-0.4, -0.2) is 63.0 Å². The standard InChI is InChI=1S/C19H23ClN4O2.C2H2O4/c20-15-10-14(17-13(16(15)21)6-9-25-17)19-23-22-18(26-19)11-4-7-24(8-5-11)12-2-1-3-12;3-1(4)2(5)6/h10-12H,1-9,21H2;(H,3,4)(H,5,6). The highest BCUT2D eigenvalue weighted by Gasteiger charge is 2.32. The quantitative estimate of drug-likeness (QED) is 0.456. The van der Waals surface area contributed by atoms with Gasteiger partial charge in [0.15, 0.2) is 0 Å². The van der Waals surface area contributed by atoms with Gasteiger partial charge < -0.3 is 30.0 Å². The number of hydrogen-bond acceptors (Lipinski definition) is 8. The van der Waals surface area contributed by atoms with Crippen LogP contribution in [0.1, 0.15) is 49.5 Å². The first-order valence-corrected chi connectivity index (χ1v) is 11.0.